The molecular weight excluding hydrogens is 199 g/mol. The highest BCUT2D eigenvalue weighted by Gasteiger charge is 2.32. The minimum absolute atomic E-state index is 1.89. The summed E-state index contributed by atoms with van der Waals surface area (Å²) in [6, 6.07) is 0. The maximum Gasteiger partial charge on any atom is 0.313 e. The second-order valence-electron chi connectivity index (χ2n) is 1.07. The smallest absolute Gasteiger partial charge is 0.201 e. The fourth-order valence-electron chi connectivity index (χ4n) is 0.107. The first kappa shape index (κ1) is 9.40. The zero-order valence-electron chi connectivity index (χ0n) is 3.77. The van der Waals surface area contributed by atoms with Gasteiger partial charge in [0.1, 0.15) is 0 Å². The number of hydrogen-bond acceptors (Lipinski definition) is 0. The summed E-state index contributed by atoms with van der Waals surface area (Å²) < 4.78 is 31.7. The second-order valence-corrected chi connectivity index (χ2v) is 2.64. The van der Waals surface area contributed by atoms with E-state index in [-0.39, 0.29) is 0 Å². The number of halogens is 6. The van der Waals surface area contributed by atoms with Gasteiger partial charge in [-0.25, -0.2) is 4.39 Å². The molecule has 0 aromatic carbocycles. The van der Waals surface area contributed by atoms with Gasteiger partial charge in [-0.05, 0) is 11.6 Å². The van der Waals surface area contributed by atoms with Gasteiger partial charge < -0.3 is 0 Å². The Labute approximate surface area is 64.2 Å². The Bertz CT molecular complexity index is 132. The zero-order chi connectivity index (χ0) is 7.65. The van der Waals surface area contributed by atoms with Gasteiger partial charge in [0.05, 0.1) is 0 Å². The van der Waals surface area contributed by atoms with Crippen LogP contribution >= 0.6 is 34.8 Å². The third-order valence-electron chi connectivity index (χ3n) is 0.415. The maximum absolute atomic E-state index is 11.8. The Hall–Kier alpha value is 0.400. The molecule has 0 N–H and O–H groups in total. The van der Waals surface area contributed by atoms with Crippen LogP contribution in [0, 0.1) is 0 Å². The first-order valence-electron chi connectivity index (χ1n) is 1.63. The third kappa shape index (κ3) is 3.18. The molecule has 0 saturated carbocycles. The summed E-state index contributed by atoms with van der Waals surface area (Å²) in [5.41, 5.74) is 0. The Morgan fingerprint density at radius 2 is 1.56 bits per heavy atom. The predicted octanol–water partition coefficient (Wildman–Crippen LogP) is 3.43. The standard InChI is InChI=1S/C3Cl3F3/c4-2(8)1(7)3(5,6)9. The fraction of sp³-hybridized carbons (Fsp3) is 0.333. The summed E-state index contributed by atoms with van der Waals surface area (Å²) in [7, 11) is 0. The molecule has 0 saturated heterocycles. The minimum atomic E-state index is -3.37. The molecule has 0 atom stereocenters. The van der Waals surface area contributed by atoms with Crippen molar-refractivity contribution in [3.8, 4) is 0 Å². The molecule has 0 aromatic heterocycles. The fourth-order valence-corrected chi connectivity index (χ4v) is 0.500. The van der Waals surface area contributed by atoms with Crippen molar-refractivity contribution >= 4 is 34.8 Å². The highest BCUT2D eigenvalue weighted by molar-refractivity contribution is 6.49. The summed E-state index contributed by atoms with van der Waals surface area (Å²) in [6.07, 6.45) is 0. The van der Waals surface area contributed by atoms with Crippen LogP contribution in [0.1, 0.15) is 0 Å². The second kappa shape index (κ2) is 2.99. The van der Waals surface area contributed by atoms with E-state index in [4.69, 9.17) is 0 Å². The summed E-state index contributed by atoms with van der Waals surface area (Å²) in [5.74, 6) is -2.03. The summed E-state index contributed by atoms with van der Waals surface area (Å²) >= 11 is 13.2. The van der Waals surface area contributed by atoms with Crippen LogP contribution in [0.15, 0.2) is 11.1 Å². The molecule has 9 heavy (non-hydrogen) atoms. The average Bonchev–Trinajstić information content (AvgIpc) is 1.62. The van der Waals surface area contributed by atoms with Crippen molar-refractivity contribution in [1.29, 1.82) is 0 Å². The van der Waals surface area contributed by atoms with E-state index in [1.54, 1.807) is 0 Å². The first-order valence-corrected chi connectivity index (χ1v) is 2.77. The molecule has 6 heteroatoms. The van der Waals surface area contributed by atoms with Crippen molar-refractivity contribution in [1.82, 2.24) is 0 Å². The van der Waals surface area contributed by atoms with E-state index in [2.05, 4.69) is 34.8 Å². The van der Waals surface area contributed by atoms with Crippen LogP contribution in [0.3, 0.4) is 0 Å². The molecule has 0 rings (SSSR count). The summed E-state index contributed by atoms with van der Waals surface area (Å²) in [4.78, 5) is 0. The quantitative estimate of drug-likeness (QED) is 0.568. The van der Waals surface area contributed by atoms with Gasteiger partial charge in [-0.3, -0.25) is 0 Å². The molecule has 0 spiro atoms. The molecular formula is C3Cl3F3. The van der Waals surface area contributed by atoms with E-state index in [0.29, 0.717) is 0 Å². The van der Waals surface area contributed by atoms with E-state index in [0.717, 1.165) is 0 Å². The number of hydrogen-bond donors (Lipinski definition) is 0. The zero-order valence-corrected chi connectivity index (χ0v) is 6.04. The molecule has 0 aliphatic rings. The molecule has 0 aromatic rings. The molecule has 0 amide bonds. The van der Waals surface area contributed by atoms with E-state index in [1.165, 1.54) is 0 Å². The van der Waals surface area contributed by atoms with Crippen molar-refractivity contribution in [3.05, 3.63) is 11.1 Å². The molecule has 0 bridgehead atoms. The Balaban J connectivity index is 4.40. The number of allylic oxidation sites excluding steroid dienone is 1. The van der Waals surface area contributed by atoms with Crippen molar-refractivity contribution < 1.29 is 13.2 Å². The van der Waals surface area contributed by atoms with Gasteiger partial charge in [-0.1, -0.05) is 23.2 Å². The van der Waals surface area contributed by atoms with Crippen molar-refractivity contribution in [3.63, 3.8) is 0 Å². The maximum atomic E-state index is 11.8. The predicted molar refractivity (Wildman–Crippen MR) is 30.6 cm³/mol. The van der Waals surface area contributed by atoms with Gasteiger partial charge in [0.2, 0.25) is 11.1 Å². The van der Waals surface area contributed by atoms with Crippen molar-refractivity contribution in [2.24, 2.45) is 0 Å². The van der Waals surface area contributed by atoms with Crippen molar-refractivity contribution in [2.75, 3.05) is 0 Å². The van der Waals surface area contributed by atoms with Crippen LogP contribution in [0.2, 0.25) is 0 Å². The SMILES string of the molecule is FC(Cl)=C(F)C(F)(Cl)Cl. The van der Waals surface area contributed by atoms with E-state index >= 15 is 0 Å². The van der Waals surface area contributed by atoms with Gasteiger partial charge >= 0.3 is 4.59 Å². The lowest BCUT2D eigenvalue weighted by molar-refractivity contribution is 0.362. The minimum Gasteiger partial charge on any atom is -0.201 e. The van der Waals surface area contributed by atoms with Gasteiger partial charge in [0.15, 0.2) is 0 Å². The van der Waals surface area contributed by atoms with E-state index in [9.17, 15) is 13.2 Å². The Kier molecular flexibility index (Phi) is 3.12. The van der Waals surface area contributed by atoms with Gasteiger partial charge in [0.25, 0.3) is 0 Å². The molecule has 0 fully saturated rings. The van der Waals surface area contributed by atoms with E-state index in [1.807, 2.05) is 0 Å². The van der Waals surface area contributed by atoms with Crippen LogP contribution in [-0.2, 0) is 0 Å². The van der Waals surface area contributed by atoms with Crippen LogP contribution in [0.5, 0.6) is 0 Å². The molecule has 0 aliphatic carbocycles. The lowest BCUT2D eigenvalue weighted by Gasteiger charge is -2.03. The van der Waals surface area contributed by atoms with Gasteiger partial charge in [-0.2, -0.15) is 8.78 Å². The highest BCUT2D eigenvalue weighted by Crippen LogP contribution is 2.35. The number of rotatable bonds is 1. The lowest BCUT2D eigenvalue weighted by Crippen LogP contribution is -2.04. The lowest BCUT2D eigenvalue weighted by atomic mass is 10.6. The summed E-state index contributed by atoms with van der Waals surface area (Å²) in [6.45, 7) is 0. The first-order chi connectivity index (χ1) is 3.85. The van der Waals surface area contributed by atoms with Crippen molar-refractivity contribution in [2.45, 2.75) is 4.59 Å². The number of alkyl halides is 3. The molecule has 0 radical (unpaired) electrons. The topological polar surface area (TPSA) is 0 Å². The Morgan fingerprint density at radius 3 is 1.56 bits per heavy atom. The Morgan fingerprint density at radius 1 is 1.22 bits per heavy atom. The largest absolute Gasteiger partial charge is 0.313 e. The molecule has 0 aliphatic heterocycles. The normalized spacial score (nSPS) is 15.3. The molecule has 0 nitrogen and oxygen atoms in total. The van der Waals surface area contributed by atoms with Crippen LogP contribution in [0.4, 0.5) is 13.2 Å². The van der Waals surface area contributed by atoms with E-state index < -0.39 is 15.7 Å². The molecule has 54 valence electrons. The third-order valence-corrected chi connectivity index (χ3v) is 0.913. The van der Waals surface area contributed by atoms with Crippen LogP contribution in [-0.4, -0.2) is 4.59 Å². The average molecular weight is 199 g/mol. The summed E-state index contributed by atoms with van der Waals surface area (Å²) in [5, 5.41) is -1.89. The van der Waals surface area contributed by atoms with Gasteiger partial charge in [-0.15, -0.1) is 0 Å². The monoisotopic (exact) mass is 198 g/mol. The highest BCUT2D eigenvalue weighted by atomic mass is 35.5. The molecule has 0 unspecified atom stereocenters. The van der Waals surface area contributed by atoms with Gasteiger partial charge in [0, 0.05) is 0 Å². The molecule has 0 heterocycles. The van der Waals surface area contributed by atoms with Crippen LogP contribution in [0.25, 0.3) is 0 Å². The van der Waals surface area contributed by atoms with Crippen LogP contribution < -0.4 is 0 Å².